The number of hydrogen-bond acceptors (Lipinski definition) is 9. The van der Waals surface area contributed by atoms with Crippen molar-refractivity contribution in [3.8, 4) is 17.2 Å². The highest BCUT2D eigenvalue weighted by Gasteiger charge is 2.61. The van der Waals surface area contributed by atoms with Crippen molar-refractivity contribution in [3.05, 3.63) is 69.3 Å². The summed E-state index contributed by atoms with van der Waals surface area (Å²) in [4.78, 5) is 25.9. The van der Waals surface area contributed by atoms with Gasteiger partial charge in [-0.2, -0.15) is 0 Å². The largest absolute Gasteiger partial charge is 0.492 e. The van der Waals surface area contributed by atoms with Crippen molar-refractivity contribution in [1.82, 2.24) is 4.90 Å². The lowest BCUT2D eigenvalue weighted by molar-refractivity contribution is -0.384. The van der Waals surface area contributed by atoms with Crippen molar-refractivity contribution < 1.29 is 33.4 Å². The van der Waals surface area contributed by atoms with Crippen molar-refractivity contribution in [2.75, 3.05) is 27.6 Å². The Balaban J connectivity index is 1.43. The van der Waals surface area contributed by atoms with Gasteiger partial charge in [-0.1, -0.05) is 12.2 Å². The molecule has 3 heterocycles. The number of hydrogen-bond donors (Lipinski definition) is 0. The summed E-state index contributed by atoms with van der Waals surface area (Å²) in [5.41, 5.74) is 1.53. The molecule has 0 radical (unpaired) electrons. The average molecular weight is 480 g/mol. The number of non-ortho nitro benzene ring substituents is 1. The molecule has 182 valence electrons. The van der Waals surface area contributed by atoms with E-state index in [1.165, 1.54) is 24.3 Å². The summed E-state index contributed by atoms with van der Waals surface area (Å²) in [5.74, 6) is 1.32. The molecule has 0 spiro atoms. The van der Waals surface area contributed by atoms with Gasteiger partial charge in [-0.25, -0.2) is 4.79 Å². The zero-order valence-electron chi connectivity index (χ0n) is 19.3. The van der Waals surface area contributed by atoms with E-state index in [1.807, 2.05) is 12.1 Å². The third-order valence-corrected chi connectivity index (χ3v) is 7.59. The van der Waals surface area contributed by atoms with E-state index in [0.29, 0.717) is 30.3 Å². The molecule has 3 aliphatic heterocycles. The van der Waals surface area contributed by atoms with Crippen molar-refractivity contribution in [3.63, 3.8) is 0 Å². The first-order valence-corrected chi connectivity index (χ1v) is 11.4. The fraction of sp³-hybridized carbons (Fsp3) is 0.400. The fourth-order valence-electron chi connectivity index (χ4n) is 5.99. The van der Waals surface area contributed by atoms with E-state index >= 15 is 0 Å². The molecule has 0 N–H and O–H groups in total. The van der Waals surface area contributed by atoms with Crippen molar-refractivity contribution in [2.45, 2.75) is 36.6 Å². The van der Waals surface area contributed by atoms with Crippen LogP contribution in [0.5, 0.6) is 17.2 Å². The lowest BCUT2D eigenvalue weighted by Crippen LogP contribution is -2.53. The van der Waals surface area contributed by atoms with Crippen LogP contribution in [-0.4, -0.2) is 61.6 Å². The standard InChI is InChI=1S/C25H24N2O8/c1-31-16-7-8-25-18-10-19-23(34-13-33-19)22(32-2)17(18)11-26(20(25)9-16)12-21(25)35-24(28)14-3-5-15(6-4-14)27(29)30/h3-8,10,16,20-21H,9,11-13H2,1-2H3/t16-,20-,21+,25+/m0/s1. The summed E-state index contributed by atoms with van der Waals surface area (Å²) in [6.07, 6.45) is 4.34. The highest BCUT2D eigenvalue weighted by atomic mass is 16.7. The quantitative estimate of drug-likeness (QED) is 0.276. The van der Waals surface area contributed by atoms with E-state index in [-0.39, 0.29) is 30.2 Å². The third kappa shape index (κ3) is 3.13. The van der Waals surface area contributed by atoms with Crippen LogP contribution in [0.1, 0.15) is 27.9 Å². The SMILES string of the molecule is COc1c2c(cc3c1OCO3)[C@]13C=C[C@H](OC)C[C@@H]1N(C2)C[C@H]3OC(=O)c1ccc([N+](=O)[O-])cc1. The van der Waals surface area contributed by atoms with Gasteiger partial charge in [-0.15, -0.1) is 0 Å². The predicted molar refractivity (Wildman–Crippen MR) is 122 cm³/mol. The van der Waals surface area contributed by atoms with E-state index in [4.69, 9.17) is 23.7 Å². The van der Waals surface area contributed by atoms with Crippen LogP contribution in [0.2, 0.25) is 0 Å². The average Bonchev–Trinajstić information content (AvgIpc) is 3.43. The number of ether oxygens (including phenoxy) is 5. The van der Waals surface area contributed by atoms with Gasteiger partial charge in [0.2, 0.25) is 12.5 Å². The smallest absolute Gasteiger partial charge is 0.338 e. The van der Waals surface area contributed by atoms with Crippen LogP contribution < -0.4 is 14.2 Å². The molecule has 5 atom stereocenters. The van der Waals surface area contributed by atoms with Crippen LogP contribution in [0, 0.1) is 10.1 Å². The number of methoxy groups -OCH3 is 2. The van der Waals surface area contributed by atoms with E-state index in [9.17, 15) is 14.9 Å². The monoisotopic (exact) mass is 480 g/mol. The van der Waals surface area contributed by atoms with E-state index in [2.05, 4.69) is 11.0 Å². The number of fused-ring (bicyclic) bond motifs is 2. The summed E-state index contributed by atoms with van der Waals surface area (Å²) in [7, 11) is 3.30. The zero-order chi connectivity index (χ0) is 24.3. The minimum absolute atomic E-state index is 0.0443. The Labute approximate surface area is 201 Å². The van der Waals surface area contributed by atoms with Crippen LogP contribution in [-0.2, 0) is 21.4 Å². The molecule has 0 aromatic heterocycles. The minimum atomic E-state index is -0.632. The first kappa shape index (κ1) is 21.9. The summed E-state index contributed by atoms with van der Waals surface area (Å²) in [6.45, 7) is 1.25. The Bertz CT molecular complexity index is 1240. The maximum atomic E-state index is 13.2. The van der Waals surface area contributed by atoms with Gasteiger partial charge < -0.3 is 23.7 Å². The molecule has 0 saturated carbocycles. The van der Waals surface area contributed by atoms with Crippen LogP contribution in [0.15, 0.2) is 42.5 Å². The number of nitro groups is 1. The molecular weight excluding hydrogens is 456 g/mol. The Kier molecular flexibility index (Phi) is 4.97. The Morgan fingerprint density at radius 3 is 2.74 bits per heavy atom. The zero-order valence-corrected chi connectivity index (χ0v) is 19.3. The van der Waals surface area contributed by atoms with Gasteiger partial charge in [0.15, 0.2) is 11.5 Å². The van der Waals surface area contributed by atoms with Gasteiger partial charge in [-0.3, -0.25) is 15.0 Å². The van der Waals surface area contributed by atoms with Crippen LogP contribution in [0.4, 0.5) is 5.69 Å². The Hall–Kier alpha value is -3.63. The number of nitrogens with zero attached hydrogens (tertiary/aromatic N) is 2. The molecule has 1 saturated heterocycles. The fourth-order valence-corrected chi connectivity index (χ4v) is 5.99. The molecular formula is C25H24N2O8. The lowest BCUT2D eigenvalue weighted by atomic mass is 9.65. The molecule has 1 aliphatic carbocycles. The van der Waals surface area contributed by atoms with E-state index in [1.54, 1.807) is 14.2 Å². The van der Waals surface area contributed by atoms with Crippen LogP contribution >= 0.6 is 0 Å². The van der Waals surface area contributed by atoms with Gasteiger partial charge in [0, 0.05) is 43.9 Å². The van der Waals surface area contributed by atoms with Gasteiger partial charge in [0.25, 0.3) is 5.69 Å². The van der Waals surface area contributed by atoms with Crippen LogP contribution in [0.3, 0.4) is 0 Å². The number of esters is 1. The van der Waals surface area contributed by atoms with Crippen molar-refractivity contribution in [2.24, 2.45) is 0 Å². The number of carbonyl (C=O) groups excluding carboxylic acids is 1. The summed E-state index contributed by atoms with van der Waals surface area (Å²) in [5, 5.41) is 11.0. The van der Waals surface area contributed by atoms with Gasteiger partial charge in [-0.05, 0) is 30.2 Å². The van der Waals surface area contributed by atoms with E-state index in [0.717, 1.165) is 17.5 Å². The molecule has 4 aliphatic rings. The molecule has 1 fully saturated rings. The third-order valence-electron chi connectivity index (χ3n) is 7.59. The second-order valence-corrected chi connectivity index (χ2v) is 9.11. The van der Waals surface area contributed by atoms with Crippen molar-refractivity contribution >= 4 is 11.7 Å². The van der Waals surface area contributed by atoms with Crippen LogP contribution in [0.25, 0.3) is 0 Å². The molecule has 35 heavy (non-hydrogen) atoms. The predicted octanol–water partition coefficient (Wildman–Crippen LogP) is 2.97. The molecule has 2 aromatic rings. The highest BCUT2D eigenvalue weighted by Crippen LogP contribution is 2.58. The lowest BCUT2D eigenvalue weighted by Gasteiger charge is -2.46. The number of benzene rings is 2. The second kappa shape index (κ2) is 7.96. The molecule has 10 nitrogen and oxygen atoms in total. The molecule has 0 amide bonds. The summed E-state index contributed by atoms with van der Waals surface area (Å²) < 4.78 is 29.0. The molecule has 2 bridgehead atoms. The van der Waals surface area contributed by atoms with Crippen molar-refractivity contribution in [1.29, 1.82) is 0 Å². The number of rotatable bonds is 5. The Morgan fingerprint density at radius 2 is 2.03 bits per heavy atom. The summed E-state index contributed by atoms with van der Waals surface area (Å²) in [6, 6.07) is 7.48. The minimum Gasteiger partial charge on any atom is -0.492 e. The Morgan fingerprint density at radius 1 is 1.23 bits per heavy atom. The first-order valence-electron chi connectivity index (χ1n) is 11.4. The van der Waals surface area contributed by atoms with Gasteiger partial charge in [0.1, 0.15) is 6.10 Å². The second-order valence-electron chi connectivity index (χ2n) is 9.11. The first-order chi connectivity index (χ1) is 17.0. The summed E-state index contributed by atoms with van der Waals surface area (Å²) >= 11 is 0. The maximum absolute atomic E-state index is 13.2. The topological polar surface area (TPSA) is 110 Å². The number of nitro benzene ring substituents is 1. The highest BCUT2D eigenvalue weighted by molar-refractivity contribution is 5.90. The molecule has 10 heteroatoms. The molecule has 1 unspecified atom stereocenters. The normalized spacial score (nSPS) is 29.3. The molecule has 6 rings (SSSR count). The number of carbonyl (C=O) groups is 1. The van der Waals surface area contributed by atoms with Gasteiger partial charge >= 0.3 is 5.97 Å². The maximum Gasteiger partial charge on any atom is 0.338 e. The van der Waals surface area contributed by atoms with Gasteiger partial charge in [0.05, 0.1) is 29.1 Å². The van der Waals surface area contributed by atoms with E-state index < -0.39 is 22.4 Å². The molecule has 2 aromatic carbocycles.